The molecule has 0 spiro atoms. The lowest BCUT2D eigenvalue weighted by molar-refractivity contribution is 0.138. The Bertz CT molecular complexity index is 382. The van der Waals surface area contributed by atoms with E-state index in [9.17, 15) is 9.50 Å². The highest BCUT2D eigenvalue weighted by atomic mass is 19.1. The maximum Gasteiger partial charge on any atom is 0.141 e. The summed E-state index contributed by atoms with van der Waals surface area (Å²) in [5, 5.41) is 12.5. The summed E-state index contributed by atoms with van der Waals surface area (Å²) in [5.74, 6) is -0.312. The number of pyridine rings is 1. The van der Waals surface area contributed by atoms with Crippen LogP contribution in [0.4, 0.5) is 4.39 Å². The zero-order chi connectivity index (χ0) is 15.7. The average molecular weight is 297 g/mol. The van der Waals surface area contributed by atoms with Crippen molar-refractivity contribution < 1.29 is 9.50 Å². The number of aliphatic hydroxyl groups excluding tert-OH is 1. The van der Waals surface area contributed by atoms with E-state index in [1.54, 1.807) is 6.07 Å². The Morgan fingerprint density at radius 3 is 2.48 bits per heavy atom. The van der Waals surface area contributed by atoms with Gasteiger partial charge in [-0.05, 0) is 38.4 Å². The van der Waals surface area contributed by atoms with Gasteiger partial charge in [-0.25, -0.2) is 4.39 Å². The second-order valence-electron chi connectivity index (χ2n) is 5.26. The minimum Gasteiger partial charge on any atom is -0.395 e. The molecule has 0 fully saturated rings. The Morgan fingerprint density at radius 1 is 1.29 bits per heavy atom. The molecule has 1 aromatic rings. The van der Waals surface area contributed by atoms with E-state index in [1.807, 2.05) is 7.05 Å². The predicted molar refractivity (Wildman–Crippen MR) is 83.6 cm³/mol. The fourth-order valence-electron chi connectivity index (χ4n) is 2.74. The van der Waals surface area contributed by atoms with E-state index in [1.165, 1.54) is 12.3 Å². The quantitative estimate of drug-likeness (QED) is 0.696. The van der Waals surface area contributed by atoms with Crippen LogP contribution in [0.1, 0.15) is 44.8 Å². The third-order valence-corrected chi connectivity index (χ3v) is 4.01. The second kappa shape index (κ2) is 9.82. The minimum absolute atomic E-state index is 0.0983. The Morgan fingerprint density at radius 2 is 2.00 bits per heavy atom. The van der Waals surface area contributed by atoms with E-state index >= 15 is 0 Å². The van der Waals surface area contributed by atoms with Crippen molar-refractivity contribution in [1.29, 1.82) is 0 Å². The molecular formula is C16H28FN3O. The van der Waals surface area contributed by atoms with Gasteiger partial charge in [0.1, 0.15) is 5.82 Å². The molecule has 0 radical (unpaired) electrons. The molecule has 1 heterocycles. The van der Waals surface area contributed by atoms with Gasteiger partial charge in [0.25, 0.3) is 0 Å². The van der Waals surface area contributed by atoms with Gasteiger partial charge in [0.2, 0.25) is 0 Å². The number of aromatic nitrogens is 1. The monoisotopic (exact) mass is 297 g/mol. The summed E-state index contributed by atoms with van der Waals surface area (Å²) in [4.78, 5) is 6.48. The summed E-state index contributed by atoms with van der Waals surface area (Å²) in [6, 6.07) is 3.76. The van der Waals surface area contributed by atoms with E-state index in [-0.39, 0.29) is 18.5 Å². The highest BCUT2D eigenvalue weighted by Crippen LogP contribution is 2.17. The highest BCUT2D eigenvalue weighted by Gasteiger charge is 2.17. The van der Waals surface area contributed by atoms with Crippen LogP contribution in [0.3, 0.4) is 0 Å². The average Bonchev–Trinajstić information content (AvgIpc) is 2.50. The van der Waals surface area contributed by atoms with Crippen LogP contribution in [0.15, 0.2) is 18.3 Å². The molecule has 1 aromatic heterocycles. The Balaban J connectivity index is 2.64. The van der Waals surface area contributed by atoms with Gasteiger partial charge in [-0.15, -0.1) is 0 Å². The summed E-state index contributed by atoms with van der Waals surface area (Å²) in [7, 11) is 1.89. The van der Waals surface area contributed by atoms with Crippen LogP contribution in [0.25, 0.3) is 0 Å². The lowest BCUT2D eigenvalue weighted by Gasteiger charge is -2.31. The number of rotatable bonds is 10. The van der Waals surface area contributed by atoms with E-state index < -0.39 is 0 Å². The number of hydrogen-bond acceptors (Lipinski definition) is 4. The molecular weight excluding hydrogens is 269 g/mol. The third kappa shape index (κ3) is 5.69. The van der Waals surface area contributed by atoms with Crippen molar-refractivity contribution >= 4 is 0 Å². The lowest BCUT2D eigenvalue weighted by Crippen LogP contribution is -2.38. The van der Waals surface area contributed by atoms with Crippen LogP contribution in [-0.2, 0) is 0 Å². The van der Waals surface area contributed by atoms with Crippen molar-refractivity contribution in [2.24, 2.45) is 0 Å². The summed E-state index contributed by atoms with van der Waals surface area (Å²) >= 11 is 0. The maximum absolute atomic E-state index is 12.9. The zero-order valence-corrected chi connectivity index (χ0v) is 13.3. The molecule has 1 unspecified atom stereocenters. The molecule has 0 saturated carbocycles. The van der Waals surface area contributed by atoms with E-state index in [0.29, 0.717) is 12.6 Å². The van der Waals surface area contributed by atoms with Gasteiger partial charge in [0.15, 0.2) is 0 Å². The van der Waals surface area contributed by atoms with E-state index in [4.69, 9.17) is 0 Å². The molecule has 1 rings (SSSR count). The summed E-state index contributed by atoms with van der Waals surface area (Å²) in [6.45, 7) is 6.11. The van der Waals surface area contributed by atoms with Gasteiger partial charge in [-0.3, -0.25) is 9.88 Å². The Kier molecular flexibility index (Phi) is 8.42. The third-order valence-electron chi connectivity index (χ3n) is 4.01. The SMILES string of the molecule is CCC(CC)N(CCO)CCC(NC)c1ccc(F)cn1. The molecule has 2 N–H and O–H groups in total. The normalized spacial score (nSPS) is 13.1. The van der Waals surface area contributed by atoms with Gasteiger partial charge in [-0.2, -0.15) is 0 Å². The topological polar surface area (TPSA) is 48.4 Å². The number of aliphatic hydroxyl groups is 1. The minimum atomic E-state index is -0.312. The number of nitrogens with one attached hydrogen (secondary N) is 1. The molecule has 21 heavy (non-hydrogen) atoms. The maximum atomic E-state index is 12.9. The Labute approximate surface area is 127 Å². The van der Waals surface area contributed by atoms with Crippen molar-refractivity contribution in [2.45, 2.75) is 45.2 Å². The predicted octanol–water partition coefficient (Wildman–Crippen LogP) is 2.35. The van der Waals surface area contributed by atoms with E-state index in [0.717, 1.165) is 31.5 Å². The van der Waals surface area contributed by atoms with Crippen LogP contribution in [0.5, 0.6) is 0 Å². The van der Waals surface area contributed by atoms with Crippen molar-refractivity contribution in [3.05, 3.63) is 29.8 Å². The van der Waals surface area contributed by atoms with Crippen LogP contribution in [-0.4, -0.2) is 47.8 Å². The standard InChI is InChI=1S/C16H28FN3O/c1-4-14(5-2)20(10-11-21)9-8-15(18-3)16-7-6-13(17)12-19-16/h6-7,12,14-15,18,21H,4-5,8-11H2,1-3H3. The van der Waals surface area contributed by atoms with Crippen molar-refractivity contribution in [2.75, 3.05) is 26.7 Å². The summed E-state index contributed by atoms with van der Waals surface area (Å²) in [6.07, 6.45) is 4.29. The summed E-state index contributed by atoms with van der Waals surface area (Å²) in [5.41, 5.74) is 0.854. The zero-order valence-electron chi connectivity index (χ0n) is 13.3. The largest absolute Gasteiger partial charge is 0.395 e. The molecule has 1 atom stereocenters. The number of hydrogen-bond donors (Lipinski definition) is 2. The molecule has 120 valence electrons. The second-order valence-corrected chi connectivity index (χ2v) is 5.26. The molecule has 5 heteroatoms. The first-order valence-electron chi connectivity index (χ1n) is 7.79. The molecule has 0 aromatic carbocycles. The molecule has 0 amide bonds. The fraction of sp³-hybridized carbons (Fsp3) is 0.688. The first-order chi connectivity index (χ1) is 10.2. The van der Waals surface area contributed by atoms with Crippen LogP contribution >= 0.6 is 0 Å². The lowest BCUT2D eigenvalue weighted by atomic mass is 10.1. The Hall–Kier alpha value is -1.04. The molecule has 0 aliphatic rings. The van der Waals surface area contributed by atoms with Gasteiger partial charge in [0, 0.05) is 19.1 Å². The summed E-state index contributed by atoms with van der Waals surface area (Å²) < 4.78 is 12.9. The van der Waals surface area contributed by atoms with Crippen molar-refractivity contribution in [3.8, 4) is 0 Å². The van der Waals surface area contributed by atoms with Gasteiger partial charge < -0.3 is 10.4 Å². The van der Waals surface area contributed by atoms with Gasteiger partial charge >= 0.3 is 0 Å². The molecule has 0 aliphatic heterocycles. The fourth-order valence-corrected chi connectivity index (χ4v) is 2.74. The van der Waals surface area contributed by atoms with Crippen LogP contribution < -0.4 is 5.32 Å². The van der Waals surface area contributed by atoms with Crippen molar-refractivity contribution in [1.82, 2.24) is 15.2 Å². The molecule has 0 aliphatic carbocycles. The van der Waals surface area contributed by atoms with E-state index in [2.05, 4.69) is 29.0 Å². The first-order valence-corrected chi connectivity index (χ1v) is 7.79. The van der Waals surface area contributed by atoms with Gasteiger partial charge in [-0.1, -0.05) is 13.8 Å². The van der Waals surface area contributed by atoms with Gasteiger partial charge in [0.05, 0.1) is 24.5 Å². The molecule has 0 saturated heterocycles. The smallest absolute Gasteiger partial charge is 0.141 e. The molecule has 0 bridgehead atoms. The number of nitrogens with zero attached hydrogens (tertiary/aromatic N) is 2. The molecule has 4 nitrogen and oxygen atoms in total. The number of halogens is 1. The van der Waals surface area contributed by atoms with Crippen LogP contribution in [0, 0.1) is 5.82 Å². The van der Waals surface area contributed by atoms with Crippen LogP contribution in [0.2, 0.25) is 0 Å². The highest BCUT2D eigenvalue weighted by molar-refractivity contribution is 5.09. The van der Waals surface area contributed by atoms with Crippen molar-refractivity contribution in [3.63, 3.8) is 0 Å². The first kappa shape index (κ1) is 18.0.